The molecule has 0 N–H and O–H groups in total. The van der Waals surface area contributed by atoms with E-state index in [2.05, 4.69) is 24.0 Å². The number of fused-ring (bicyclic) bond motifs is 2. The predicted octanol–water partition coefficient (Wildman–Crippen LogP) is 5.91. The number of benzene rings is 5. The lowest BCUT2D eigenvalue weighted by atomic mass is 9.90. The molecule has 2 aliphatic rings. The molecule has 6 rings (SSSR count). The van der Waals surface area contributed by atoms with Gasteiger partial charge in [-0.1, -0.05) is 60.7 Å². The first-order valence-corrected chi connectivity index (χ1v) is 15.0. The number of carboxylic acids is 1. The van der Waals surface area contributed by atoms with Crippen LogP contribution in [0.5, 0.6) is 0 Å². The van der Waals surface area contributed by atoms with Crippen LogP contribution < -0.4 is 10.5 Å². The molecule has 1 aliphatic carbocycles. The molecule has 0 saturated heterocycles. The van der Waals surface area contributed by atoms with Crippen LogP contribution >= 0.6 is 0 Å². The Labute approximate surface area is 248 Å². The van der Waals surface area contributed by atoms with Crippen molar-refractivity contribution in [3.8, 4) is 22.5 Å². The van der Waals surface area contributed by atoms with E-state index in [0.29, 0.717) is 51.1 Å². The number of nitrogens with zero attached hydrogens (tertiary/aromatic N) is 1. The number of aryl methyl sites for hydroxylation is 2. The molecule has 4 aromatic rings. The van der Waals surface area contributed by atoms with E-state index in [0.717, 1.165) is 10.9 Å². The predicted molar refractivity (Wildman–Crippen MR) is 161 cm³/mol. The summed E-state index contributed by atoms with van der Waals surface area (Å²) in [5, 5.41) is 13.4. The normalized spacial score (nSPS) is 12.2. The molecule has 0 fully saturated rings. The van der Waals surface area contributed by atoms with Crippen LogP contribution in [0.15, 0.2) is 117 Å². The second kappa shape index (κ2) is 11.0. The molecule has 0 bridgehead atoms. The van der Waals surface area contributed by atoms with Crippen LogP contribution in [0, 0.1) is 13.8 Å². The lowest BCUT2D eigenvalue weighted by Gasteiger charge is -2.19. The molecule has 0 spiro atoms. The van der Waals surface area contributed by atoms with Gasteiger partial charge in [0.2, 0.25) is 0 Å². The molecule has 0 amide bonds. The molecule has 7 nitrogen and oxygen atoms in total. The summed E-state index contributed by atoms with van der Waals surface area (Å²) >= 11 is 0. The fraction of sp³-hybridized carbons (Fsp3) is 0.0857. The van der Waals surface area contributed by atoms with Crippen molar-refractivity contribution in [2.24, 2.45) is 4.99 Å². The maximum Gasteiger partial charge on any atom is 0.137 e. The Morgan fingerprint density at radius 1 is 0.814 bits per heavy atom. The molecule has 1 heterocycles. The molecule has 1 aliphatic heterocycles. The number of carbonyl (C=O) groups is 1. The van der Waals surface area contributed by atoms with E-state index in [4.69, 9.17) is 4.42 Å². The highest BCUT2D eigenvalue weighted by Gasteiger charge is 2.20. The largest absolute Gasteiger partial charge is 0.744 e. The minimum atomic E-state index is -4.58. The van der Waals surface area contributed by atoms with Crippen LogP contribution in [0.2, 0.25) is 0 Å². The zero-order valence-corrected chi connectivity index (χ0v) is 24.1. The number of hydrogen-bond acceptors (Lipinski definition) is 7. The van der Waals surface area contributed by atoms with E-state index < -0.39 is 16.1 Å². The Bertz CT molecular complexity index is 2200. The Hall–Kier alpha value is -5.05. The highest BCUT2D eigenvalue weighted by atomic mass is 32.2. The van der Waals surface area contributed by atoms with Gasteiger partial charge in [0.25, 0.3) is 0 Å². The lowest BCUT2D eigenvalue weighted by Crippen LogP contribution is -2.23. The topological polar surface area (TPSA) is 123 Å². The summed E-state index contributed by atoms with van der Waals surface area (Å²) in [5.41, 5.74) is 6.98. The summed E-state index contributed by atoms with van der Waals surface area (Å²) in [5.74, 6) is -0.791. The molecule has 214 valence electrons. The average molecular weight is 588 g/mol. The minimum absolute atomic E-state index is 0.0677. The molecular formula is C35H25NO6S-2. The summed E-state index contributed by atoms with van der Waals surface area (Å²) in [7, 11) is -4.58. The van der Waals surface area contributed by atoms with Gasteiger partial charge in [-0.3, -0.25) is 0 Å². The summed E-state index contributed by atoms with van der Waals surface area (Å²) < 4.78 is 40.7. The van der Waals surface area contributed by atoms with Gasteiger partial charge in [-0.15, -0.1) is 0 Å². The third-order valence-corrected chi connectivity index (χ3v) is 8.38. The summed E-state index contributed by atoms with van der Waals surface area (Å²) in [6.07, 6.45) is 0.699. The van der Waals surface area contributed by atoms with Crippen LogP contribution in [0.1, 0.15) is 32.6 Å². The third kappa shape index (κ3) is 5.58. The fourth-order valence-corrected chi connectivity index (χ4v) is 5.90. The highest BCUT2D eigenvalue weighted by Crippen LogP contribution is 2.41. The lowest BCUT2D eigenvalue weighted by molar-refractivity contribution is -0.254. The van der Waals surface area contributed by atoms with Crippen molar-refractivity contribution in [1.82, 2.24) is 0 Å². The van der Waals surface area contributed by atoms with Crippen LogP contribution in [0.3, 0.4) is 0 Å². The molecule has 0 unspecified atom stereocenters. The van der Waals surface area contributed by atoms with E-state index >= 15 is 0 Å². The van der Waals surface area contributed by atoms with Crippen molar-refractivity contribution >= 4 is 32.7 Å². The summed E-state index contributed by atoms with van der Waals surface area (Å²) in [6.45, 7) is 3.75. The van der Waals surface area contributed by atoms with E-state index in [1.807, 2.05) is 36.4 Å². The van der Waals surface area contributed by atoms with Gasteiger partial charge in [0.15, 0.2) is 0 Å². The SMILES string of the molecule is Cc1ccccc1Cc1ccc2c(-c3ccccc3C(=O)[O-])c3ccc(=Nc4ccc(S(=O)(=O)[O-])cc4C)cc-3oc2c1. The zero-order valence-electron chi connectivity index (χ0n) is 23.3. The van der Waals surface area contributed by atoms with Gasteiger partial charge in [-0.25, -0.2) is 13.4 Å². The summed E-state index contributed by atoms with van der Waals surface area (Å²) in [6, 6.07) is 30.2. The van der Waals surface area contributed by atoms with Crippen LogP contribution in [-0.2, 0) is 16.5 Å². The molecule has 0 aromatic heterocycles. The van der Waals surface area contributed by atoms with Crippen LogP contribution in [0.25, 0.3) is 33.4 Å². The standard InChI is InChI=1S/C35H27NO6S/c1-21-7-3-4-8-24(21)18-23-11-14-29-32(19-23)42-33-20-25(36-31-16-13-26(17-22(31)2)43(39,40)41)12-15-30(33)34(29)27-9-5-6-10-28(27)35(37)38/h3-17,19-20H,18H2,1-2H3,(H,37,38)(H,39,40,41)/p-2. The van der Waals surface area contributed by atoms with Gasteiger partial charge in [-0.2, -0.15) is 0 Å². The first-order valence-electron chi connectivity index (χ1n) is 13.5. The Morgan fingerprint density at radius 3 is 2.33 bits per heavy atom. The van der Waals surface area contributed by atoms with Gasteiger partial charge in [-0.05, 0) is 84.5 Å². The van der Waals surface area contributed by atoms with Gasteiger partial charge in [0, 0.05) is 28.1 Å². The van der Waals surface area contributed by atoms with Gasteiger partial charge >= 0.3 is 0 Å². The quantitative estimate of drug-likeness (QED) is 0.176. The monoisotopic (exact) mass is 587 g/mol. The summed E-state index contributed by atoms with van der Waals surface area (Å²) in [4.78, 5) is 16.5. The molecule has 43 heavy (non-hydrogen) atoms. The third-order valence-electron chi connectivity index (χ3n) is 7.55. The number of aromatic carboxylic acids is 1. The zero-order chi connectivity index (χ0) is 30.3. The van der Waals surface area contributed by atoms with E-state index in [-0.39, 0.29) is 10.5 Å². The molecule has 0 atom stereocenters. The van der Waals surface area contributed by atoms with Crippen LogP contribution in [0.4, 0.5) is 5.69 Å². The first kappa shape index (κ1) is 28.1. The molecule has 4 aromatic carbocycles. The smallest absolute Gasteiger partial charge is 0.137 e. The second-order valence-corrected chi connectivity index (χ2v) is 11.8. The van der Waals surface area contributed by atoms with E-state index in [1.165, 1.54) is 35.4 Å². The molecule has 0 radical (unpaired) electrons. The maximum atomic E-state index is 12.1. The molecular weight excluding hydrogens is 562 g/mol. The minimum Gasteiger partial charge on any atom is -0.744 e. The van der Waals surface area contributed by atoms with Crippen molar-refractivity contribution in [3.63, 3.8) is 0 Å². The van der Waals surface area contributed by atoms with Crippen LogP contribution in [-0.4, -0.2) is 18.9 Å². The second-order valence-electron chi connectivity index (χ2n) is 10.4. The van der Waals surface area contributed by atoms with Crippen molar-refractivity contribution < 1.29 is 27.3 Å². The molecule has 8 heteroatoms. The van der Waals surface area contributed by atoms with E-state index in [1.54, 1.807) is 37.3 Å². The maximum absolute atomic E-state index is 12.1. The van der Waals surface area contributed by atoms with Crippen molar-refractivity contribution in [2.75, 3.05) is 0 Å². The average Bonchev–Trinajstić information content (AvgIpc) is 2.97. The number of carboxylic acid groups (broad SMARTS) is 1. The van der Waals surface area contributed by atoms with Crippen molar-refractivity contribution in [2.45, 2.75) is 25.2 Å². The Morgan fingerprint density at radius 2 is 1.58 bits per heavy atom. The van der Waals surface area contributed by atoms with E-state index in [9.17, 15) is 22.9 Å². The van der Waals surface area contributed by atoms with Crippen molar-refractivity contribution in [3.05, 3.63) is 136 Å². The first-order chi connectivity index (χ1) is 20.6. The number of hydrogen-bond donors (Lipinski definition) is 0. The molecule has 0 saturated carbocycles. The number of rotatable bonds is 6. The van der Waals surface area contributed by atoms with Gasteiger partial charge in [0.05, 0.1) is 21.9 Å². The number of carbonyl (C=O) groups excluding carboxylic acids is 1. The van der Waals surface area contributed by atoms with Crippen molar-refractivity contribution in [1.29, 1.82) is 0 Å². The van der Waals surface area contributed by atoms with Gasteiger partial charge < -0.3 is 18.9 Å². The Kier molecular flexibility index (Phi) is 7.17. The highest BCUT2D eigenvalue weighted by molar-refractivity contribution is 7.85. The fourth-order valence-electron chi connectivity index (χ4n) is 5.35. The van der Waals surface area contributed by atoms with Gasteiger partial charge in [0.1, 0.15) is 21.5 Å². The Balaban J connectivity index is 1.57.